The topological polar surface area (TPSA) is 57.7 Å². The van der Waals surface area contributed by atoms with Gasteiger partial charge in [0.05, 0.1) is 29.0 Å². The van der Waals surface area contributed by atoms with Gasteiger partial charge in [-0.25, -0.2) is 9.78 Å². The quantitative estimate of drug-likeness (QED) is 0.188. The molecule has 0 bridgehead atoms. The Bertz CT molecular complexity index is 1240. The Balaban J connectivity index is 1.52. The molecule has 1 aromatic heterocycles. The number of rotatable bonds is 7. The zero-order valence-corrected chi connectivity index (χ0v) is 18.9. The van der Waals surface area contributed by atoms with Crippen LogP contribution in [0.5, 0.6) is 17.2 Å². The van der Waals surface area contributed by atoms with E-state index in [4.69, 9.17) is 14.2 Å². The summed E-state index contributed by atoms with van der Waals surface area (Å²) in [6, 6.07) is 20.9. The monoisotopic (exact) mass is 445 g/mol. The molecule has 0 unspecified atom stereocenters. The van der Waals surface area contributed by atoms with Gasteiger partial charge in [-0.15, -0.1) is 11.3 Å². The van der Waals surface area contributed by atoms with Crippen molar-refractivity contribution in [2.75, 3.05) is 7.11 Å². The van der Waals surface area contributed by atoms with Crippen molar-refractivity contribution < 1.29 is 19.0 Å². The van der Waals surface area contributed by atoms with Crippen LogP contribution < -0.4 is 14.2 Å². The fraction of sp³-hybridized carbons (Fsp3) is 0.154. The lowest BCUT2D eigenvalue weighted by Crippen LogP contribution is -2.06. The van der Waals surface area contributed by atoms with Gasteiger partial charge in [0, 0.05) is 6.08 Å². The maximum atomic E-state index is 12.5. The number of para-hydroxylation sites is 2. The van der Waals surface area contributed by atoms with Gasteiger partial charge in [-0.05, 0) is 61.9 Å². The zero-order chi connectivity index (χ0) is 22.5. The molecule has 1 heterocycles. The number of ether oxygens (including phenoxy) is 3. The predicted octanol–water partition coefficient (Wildman–Crippen LogP) is 6.38. The molecule has 0 spiro atoms. The maximum Gasteiger partial charge on any atom is 0.336 e. The molecular weight excluding hydrogens is 422 g/mol. The van der Waals surface area contributed by atoms with Crippen LogP contribution >= 0.6 is 11.3 Å². The number of fused-ring (bicyclic) bond motifs is 1. The molecule has 0 fully saturated rings. The lowest BCUT2D eigenvalue weighted by Gasteiger charge is -2.13. The van der Waals surface area contributed by atoms with E-state index in [1.165, 1.54) is 6.08 Å². The third-order valence-electron chi connectivity index (χ3n) is 4.58. The smallest absolute Gasteiger partial charge is 0.336 e. The molecule has 0 saturated heterocycles. The molecule has 4 rings (SSSR count). The van der Waals surface area contributed by atoms with Gasteiger partial charge in [0.1, 0.15) is 10.8 Å². The predicted molar refractivity (Wildman–Crippen MR) is 128 cm³/mol. The molecule has 162 valence electrons. The Morgan fingerprint density at radius 3 is 2.53 bits per heavy atom. The molecule has 0 N–H and O–H groups in total. The largest absolute Gasteiger partial charge is 0.493 e. The van der Waals surface area contributed by atoms with Crippen molar-refractivity contribution in [1.82, 2.24) is 4.98 Å². The van der Waals surface area contributed by atoms with Gasteiger partial charge in [0.2, 0.25) is 0 Å². The van der Waals surface area contributed by atoms with E-state index in [0.29, 0.717) is 17.2 Å². The van der Waals surface area contributed by atoms with E-state index in [1.807, 2.05) is 74.5 Å². The SMILES string of the molecule is COc1cc(C=CC(=O)Oc2ccccc2-c2nc3ccccc3s2)ccc1OC(C)C. The number of hydrogen-bond donors (Lipinski definition) is 0. The summed E-state index contributed by atoms with van der Waals surface area (Å²) in [5.74, 6) is 1.27. The normalized spacial score (nSPS) is 11.2. The number of benzene rings is 3. The van der Waals surface area contributed by atoms with Crippen molar-refractivity contribution in [3.8, 4) is 27.8 Å². The molecule has 0 aliphatic carbocycles. The van der Waals surface area contributed by atoms with Crippen LogP contribution in [-0.2, 0) is 4.79 Å². The zero-order valence-electron chi connectivity index (χ0n) is 18.1. The molecule has 0 saturated carbocycles. The molecule has 4 aromatic rings. The Morgan fingerprint density at radius 1 is 0.969 bits per heavy atom. The van der Waals surface area contributed by atoms with Crippen LogP contribution in [-0.4, -0.2) is 24.2 Å². The minimum absolute atomic E-state index is 0.0377. The van der Waals surface area contributed by atoms with Gasteiger partial charge in [-0.1, -0.05) is 30.3 Å². The van der Waals surface area contributed by atoms with E-state index >= 15 is 0 Å². The first kappa shape index (κ1) is 21.6. The highest BCUT2D eigenvalue weighted by atomic mass is 32.1. The molecule has 0 atom stereocenters. The summed E-state index contributed by atoms with van der Waals surface area (Å²) in [6.45, 7) is 3.91. The summed E-state index contributed by atoms with van der Waals surface area (Å²) < 4.78 is 17.8. The van der Waals surface area contributed by atoms with Gasteiger partial charge in [0.15, 0.2) is 11.5 Å². The van der Waals surface area contributed by atoms with E-state index < -0.39 is 5.97 Å². The number of hydrogen-bond acceptors (Lipinski definition) is 6. The number of nitrogens with zero attached hydrogens (tertiary/aromatic N) is 1. The van der Waals surface area contributed by atoms with Crippen LogP contribution in [0.2, 0.25) is 0 Å². The fourth-order valence-corrected chi connectivity index (χ4v) is 4.16. The number of carbonyl (C=O) groups is 1. The third-order valence-corrected chi connectivity index (χ3v) is 5.65. The van der Waals surface area contributed by atoms with Crippen molar-refractivity contribution in [3.05, 3.63) is 78.4 Å². The summed E-state index contributed by atoms with van der Waals surface area (Å²) in [5.41, 5.74) is 2.51. The minimum Gasteiger partial charge on any atom is -0.493 e. The van der Waals surface area contributed by atoms with Crippen molar-refractivity contribution >= 4 is 33.6 Å². The standard InChI is InChI=1S/C26H23NO4S/c1-17(2)30-22-14-12-18(16-23(22)29-3)13-15-25(28)31-21-10-6-4-8-19(21)26-27-20-9-5-7-11-24(20)32-26/h4-17H,1-3H3. The average Bonchev–Trinajstić information content (AvgIpc) is 3.22. The Kier molecular flexibility index (Phi) is 6.52. The first-order valence-electron chi connectivity index (χ1n) is 10.2. The lowest BCUT2D eigenvalue weighted by atomic mass is 10.2. The van der Waals surface area contributed by atoms with Gasteiger partial charge in [-0.2, -0.15) is 0 Å². The summed E-state index contributed by atoms with van der Waals surface area (Å²) in [7, 11) is 1.59. The Labute approximate surface area is 190 Å². The van der Waals surface area contributed by atoms with Crippen LogP contribution in [0, 0.1) is 0 Å². The van der Waals surface area contributed by atoms with Crippen molar-refractivity contribution in [2.45, 2.75) is 20.0 Å². The molecule has 6 heteroatoms. The molecule has 3 aromatic carbocycles. The second-order valence-corrected chi connectivity index (χ2v) is 8.34. The Hall–Kier alpha value is -3.64. The van der Waals surface area contributed by atoms with Crippen LogP contribution in [0.4, 0.5) is 0 Å². The van der Waals surface area contributed by atoms with Gasteiger partial charge >= 0.3 is 5.97 Å². The molecule has 0 aliphatic heterocycles. The van der Waals surface area contributed by atoms with E-state index in [-0.39, 0.29) is 6.10 Å². The first-order valence-corrected chi connectivity index (χ1v) is 11.0. The van der Waals surface area contributed by atoms with Crippen molar-refractivity contribution in [3.63, 3.8) is 0 Å². The van der Waals surface area contributed by atoms with E-state index in [1.54, 1.807) is 30.6 Å². The van der Waals surface area contributed by atoms with Gasteiger partial charge < -0.3 is 14.2 Å². The number of esters is 1. The molecule has 32 heavy (non-hydrogen) atoms. The number of methoxy groups -OCH3 is 1. The summed E-state index contributed by atoms with van der Waals surface area (Å²) in [5, 5.41) is 0.809. The van der Waals surface area contributed by atoms with E-state index in [2.05, 4.69) is 4.98 Å². The van der Waals surface area contributed by atoms with Gasteiger partial charge in [-0.3, -0.25) is 0 Å². The van der Waals surface area contributed by atoms with E-state index in [9.17, 15) is 4.79 Å². The number of aromatic nitrogens is 1. The first-order chi connectivity index (χ1) is 15.5. The molecule has 0 amide bonds. The third kappa shape index (κ3) is 4.98. The fourth-order valence-electron chi connectivity index (χ4n) is 3.17. The van der Waals surface area contributed by atoms with Crippen LogP contribution in [0.3, 0.4) is 0 Å². The highest BCUT2D eigenvalue weighted by Crippen LogP contribution is 2.35. The maximum absolute atomic E-state index is 12.5. The molecule has 5 nitrogen and oxygen atoms in total. The summed E-state index contributed by atoms with van der Waals surface area (Å²) in [6.07, 6.45) is 3.12. The minimum atomic E-state index is -0.472. The highest BCUT2D eigenvalue weighted by molar-refractivity contribution is 7.21. The summed E-state index contributed by atoms with van der Waals surface area (Å²) in [4.78, 5) is 17.2. The molecule has 0 aliphatic rings. The second kappa shape index (κ2) is 9.66. The van der Waals surface area contributed by atoms with Gasteiger partial charge in [0.25, 0.3) is 0 Å². The summed E-state index contributed by atoms with van der Waals surface area (Å²) >= 11 is 1.57. The van der Waals surface area contributed by atoms with Crippen LogP contribution in [0.25, 0.3) is 26.9 Å². The lowest BCUT2D eigenvalue weighted by molar-refractivity contribution is -0.128. The second-order valence-electron chi connectivity index (χ2n) is 7.31. The van der Waals surface area contributed by atoms with E-state index in [0.717, 1.165) is 26.4 Å². The highest BCUT2D eigenvalue weighted by Gasteiger charge is 2.13. The average molecular weight is 446 g/mol. The van der Waals surface area contributed by atoms with Crippen molar-refractivity contribution in [2.24, 2.45) is 0 Å². The van der Waals surface area contributed by atoms with Crippen LogP contribution in [0.15, 0.2) is 72.8 Å². The van der Waals surface area contributed by atoms with Crippen LogP contribution in [0.1, 0.15) is 19.4 Å². The molecule has 0 radical (unpaired) electrons. The number of carbonyl (C=O) groups excluding carboxylic acids is 1. The van der Waals surface area contributed by atoms with Crippen molar-refractivity contribution in [1.29, 1.82) is 0 Å². The molecular formula is C26H23NO4S. The number of thiazole rings is 1. The Morgan fingerprint density at radius 2 is 1.75 bits per heavy atom.